The van der Waals surface area contributed by atoms with Gasteiger partial charge < -0.3 is 20.3 Å². The molecule has 1 heterocycles. The minimum atomic E-state index is -0.0355. The largest absolute Gasteiger partial charge is 0.397 e. The van der Waals surface area contributed by atoms with Gasteiger partial charge in [-0.05, 0) is 32.0 Å². The molecule has 1 aliphatic heterocycles. The second-order valence-electron chi connectivity index (χ2n) is 5.62. The number of nitrogens with zero attached hydrogens (tertiary/aromatic N) is 2. The molecule has 110 valence electrons. The SMILES string of the molecule is CC1CN(c2ccc(C(=O)N(C)C)cc2N)C(C)CO1. The maximum Gasteiger partial charge on any atom is 0.253 e. The quantitative estimate of drug-likeness (QED) is 0.834. The van der Waals surface area contributed by atoms with Crippen molar-refractivity contribution in [3.05, 3.63) is 23.8 Å². The Bertz CT molecular complexity index is 502. The van der Waals surface area contributed by atoms with E-state index in [1.165, 1.54) is 0 Å². The van der Waals surface area contributed by atoms with Crippen molar-refractivity contribution in [3.8, 4) is 0 Å². The Morgan fingerprint density at radius 2 is 2.10 bits per heavy atom. The normalized spacial score (nSPS) is 22.7. The number of nitrogen functional groups attached to an aromatic ring is 1. The summed E-state index contributed by atoms with van der Waals surface area (Å²) >= 11 is 0. The van der Waals surface area contributed by atoms with Crippen molar-refractivity contribution >= 4 is 17.3 Å². The van der Waals surface area contributed by atoms with Crippen molar-refractivity contribution in [3.63, 3.8) is 0 Å². The monoisotopic (exact) mass is 277 g/mol. The number of hydrogen-bond donors (Lipinski definition) is 1. The molecule has 20 heavy (non-hydrogen) atoms. The molecule has 1 aliphatic rings. The van der Waals surface area contributed by atoms with E-state index in [2.05, 4.69) is 18.7 Å². The number of amides is 1. The van der Waals surface area contributed by atoms with E-state index in [1.807, 2.05) is 12.1 Å². The summed E-state index contributed by atoms with van der Waals surface area (Å²) in [6.45, 7) is 5.68. The van der Waals surface area contributed by atoms with E-state index in [4.69, 9.17) is 10.5 Å². The summed E-state index contributed by atoms with van der Waals surface area (Å²) in [5.41, 5.74) is 8.37. The maximum absolute atomic E-state index is 11.9. The Morgan fingerprint density at radius 3 is 2.70 bits per heavy atom. The lowest BCUT2D eigenvalue weighted by Gasteiger charge is -2.39. The van der Waals surface area contributed by atoms with Crippen molar-refractivity contribution in [1.82, 2.24) is 4.90 Å². The molecule has 0 bridgehead atoms. The van der Waals surface area contributed by atoms with Crippen molar-refractivity contribution < 1.29 is 9.53 Å². The lowest BCUT2D eigenvalue weighted by molar-refractivity contribution is 0.0344. The maximum atomic E-state index is 11.9. The minimum Gasteiger partial charge on any atom is -0.397 e. The molecule has 2 rings (SSSR count). The molecule has 5 nitrogen and oxygen atoms in total. The zero-order valence-electron chi connectivity index (χ0n) is 12.6. The topological polar surface area (TPSA) is 58.8 Å². The zero-order valence-corrected chi connectivity index (χ0v) is 12.6. The van der Waals surface area contributed by atoms with E-state index in [1.54, 1.807) is 25.1 Å². The molecule has 2 N–H and O–H groups in total. The van der Waals surface area contributed by atoms with Gasteiger partial charge in [-0.1, -0.05) is 0 Å². The van der Waals surface area contributed by atoms with Gasteiger partial charge in [0.2, 0.25) is 0 Å². The molecule has 0 radical (unpaired) electrons. The second-order valence-corrected chi connectivity index (χ2v) is 5.62. The number of carbonyl (C=O) groups excluding carboxylic acids is 1. The minimum absolute atomic E-state index is 0.0355. The molecule has 0 aromatic heterocycles. The number of ether oxygens (including phenoxy) is 1. The number of rotatable bonds is 2. The number of hydrogen-bond acceptors (Lipinski definition) is 4. The third kappa shape index (κ3) is 2.88. The highest BCUT2D eigenvalue weighted by Gasteiger charge is 2.25. The van der Waals surface area contributed by atoms with Gasteiger partial charge in [0.1, 0.15) is 0 Å². The van der Waals surface area contributed by atoms with Gasteiger partial charge in [0.15, 0.2) is 0 Å². The number of carbonyl (C=O) groups is 1. The summed E-state index contributed by atoms with van der Waals surface area (Å²) < 4.78 is 5.63. The van der Waals surface area contributed by atoms with Crippen LogP contribution in [0.25, 0.3) is 0 Å². The van der Waals surface area contributed by atoms with Crippen LogP contribution in [-0.2, 0) is 4.74 Å². The Labute approximate surface area is 120 Å². The average molecular weight is 277 g/mol. The van der Waals surface area contributed by atoms with Gasteiger partial charge in [0.25, 0.3) is 5.91 Å². The van der Waals surface area contributed by atoms with Crippen LogP contribution >= 0.6 is 0 Å². The van der Waals surface area contributed by atoms with Crippen LogP contribution in [0.2, 0.25) is 0 Å². The standard InChI is InChI=1S/C15H23N3O2/c1-10-9-20-11(2)8-18(10)14-6-5-12(7-13(14)16)15(19)17(3)4/h5-7,10-11H,8-9,16H2,1-4H3. The van der Waals surface area contributed by atoms with E-state index in [9.17, 15) is 4.79 Å². The van der Waals surface area contributed by atoms with E-state index in [-0.39, 0.29) is 18.1 Å². The third-order valence-electron chi connectivity index (χ3n) is 3.60. The van der Waals surface area contributed by atoms with E-state index in [0.717, 1.165) is 12.2 Å². The molecule has 5 heteroatoms. The van der Waals surface area contributed by atoms with E-state index < -0.39 is 0 Å². The summed E-state index contributed by atoms with van der Waals surface area (Å²) in [5.74, 6) is -0.0355. The molecular formula is C15H23N3O2. The Hall–Kier alpha value is -1.75. The van der Waals surface area contributed by atoms with Crippen molar-refractivity contribution in [2.75, 3.05) is 37.9 Å². The summed E-state index contributed by atoms with van der Waals surface area (Å²) in [6, 6.07) is 5.80. The average Bonchev–Trinajstić information content (AvgIpc) is 2.40. The summed E-state index contributed by atoms with van der Waals surface area (Å²) in [5, 5.41) is 0. The molecular weight excluding hydrogens is 254 g/mol. The van der Waals surface area contributed by atoms with E-state index in [0.29, 0.717) is 17.9 Å². The van der Waals surface area contributed by atoms with Gasteiger partial charge in [-0.15, -0.1) is 0 Å². The van der Waals surface area contributed by atoms with Crippen LogP contribution in [0.15, 0.2) is 18.2 Å². The van der Waals surface area contributed by atoms with Crippen LogP contribution in [0, 0.1) is 0 Å². The van der Waals surface area contributed by atoms with Crippen LogP contribution in [0.1, 0.15) is 24.2 Å². The zero-order chi connectivity index (χ0) is 14.9. The van der Waals surface area contributed by atoms with Gasteiger partial charge in [-0.25, -0.2) is 0 Å². The highest BCUT2D eigenvalue weighted by molar-refractivity contribution is 5.95. The molecule has 1 aromatic rings. The first-order chi connectivity index (χ1) is 9.40. The lowest BCUT2D eigenvalue weighted by Crippen LogP contribution is -2.47. The molecule has 2 atom stereocenters. The summed E-state index contributed by atoms with van der Waals surface area (Å²) in [6.07, 6.45) is 0.189. The number of nitrogens with two attached hydrogens (primary N) is 1. The van der Waals surface area contributed by atoms with Crippen molar-refractivity contribution in [1.29, 1.82) is 0 Å². The van der Waals surface area contributed by atoms with Gasteiger partial charge in [0.05, 0.1) is 24.1 Å². The first-order valence-corrected chi connectivity index (χ1v) is 6.89. The first-order valence-electron chi connectivity index (χ1n) is 6.89. The Balaban J connectivity index is 2.27. The summed E-state index contributed by atoms with van der Waals surface area (Å²) in [4.78, 5) is 15.7. The van der Waals surface area contributed by atoms with Crippen molar-refractivity contribution in [2.24, 2.45) is 0 Å². The van der Waals surface area contributed by atoms with Gasteiger partial charge in [-0.3, -0.25) is 4.79 Å². The predicted octanol–water partition coefficient (Wildman–Crippen LogP) is 1.58. The lowest BCUT2D eigenvalue weighted by atomic mass is 10.1. The van der Waals surface area contributed by atoms with Gasteiger partial charge in [0, 0.05) is 32.2 Å². The number of benzene rings is 1. The molecule has 1 saturated heterocycles. The van der Waals surface area contributed by atoms with E-state index >= 15 is 0 Å². The van der Waals surface area contributed by atoms with Gasteiger partial charge in [-0.2, -0.15) is 0 Å². The number of anilines is 2. The molecule has 1 amide bonds. The smallest absolute Gasteiger partial charge is 0.253 e. The third-order valence-corrected chi connectivity index (χ3v) is 3.60. The molecule has 1 fully saturated rings. The fourth-order valence-corrected chi connectivity index (χ4v) is 2.45. The second kappa shape index (κ2) is 5.71. The van der Waals surface area contributed by atoms with Gasteiger partial charge >= 0.3 is 0 Å². The van der Waals surface area contributed by atoms with Crippen LogP contribution in [0.4, 0.5) is 11.4 Å². The van der Waals surface area contributed by atoms with Crippen LogP contribution < -0.4 is 10.6 Å². The fourth-order valence-electron chi connectivity index (χ4n) is 2.45. The Kier molecular flexibility index (Phi) is 4.18. The molecule has 0 aliphatic carbocycles. The first kappa shape index (κ1) is 14.7. The molecule has 1 aromatic carbocycles. The van der Waals surface area contributed by atoms with Crippen LogP contribution in [-0.4, -0.2) is 50.2 Å². The highest BCUT2D eigenvalue weighted by Crippen LogP contribution is 2.28. The highest BCUT2D eigenvalue weighted by atomic mass is 16.5. The fraction of sp³-hybridized carbons (Fsp3) is 0.533. The number of morpholine rings is 1. The summed E-state index contributed by atoms with van der Waals surface area (Å²) in [7, 11) is 3.47. The molecule has 0 spiro atoms. The molecule has 0 saturated carbocycles. The van der Waals surface area contributed by atoms with Crippen LogP contribution in [0.3, 0.4) is 0 Å². The van der Waals surface area contributed by atoms with Crippen LogP contribution in [0.5, 0.6) is 0 Å². The molecule has 2 unspecified atom stereocenters. The Morgan fingerprint density at radius 1 is 1.40 bits per heavy atom. The van der Waals surface area contributed by atoms with Crippen molar-refractivity contribution in [2.45, 2.75) is 26.0 Å². The predicted molar refractivity (Wildman–Crippen MR) is 81.1 cm³/mol.